The first-order valence-electron chi connectivity index (χ1n) is 17.7. The minimum atomic E-state index is 0.628. The van der Waals surface area contributed by atoms with Crippen LogP contribution in [-0.2, 0) is 0 Å². The number of benzene rings is 8. The lowest BCUT2D eigenvalue weighted by Crippen LogP contribution is -1.98. The first kappa shape index (κ1) is 30.5. The van der Waals surface area contributed by atoms with E-state index in [9.17, 15) is 0 Å². The molecule has 246 valence electrons. The van der Waals surface area contributed by atoms with E-state index in [4.69, 9.17) is 16.5 Å². The summed E-state index contributed by atoms with van der Waals surface area (Å²) in [6.07, 6.45) is 0. The molecule has 0 aliphatic heterocycles. The van der Waals surface area contributed by atoms with Crippen molar-refractivity contribution in [2.24, 2.45) is 0 Å². The molecule has 4 heteroatoms. The summed E-state index contributed by atoms with van der Waals surface area (Å²) in [5.74, 6) is 0.692. The van der Waals surface area contributed by atoms with Gasteiger partial charge in [-0.15, -0.1) is 0 Å². The quantitative estimate of drug-likeness (QED) is 0.135. The first-order valence-corrected chi connectivity index (χ1v) is 17.7. The highest BCUT2D eigenvalue weighted by molar-refractivity contribution is 6.22. The van der Waals surface area contributed by atoms with Crippen LogP contribution in [0.15, 0.2) is 182 Å². The third kappa shape index (κ3) is 5.06. The normalized spacial score (nSPS) is 11.4. The summed E-state index contributed by atoms with van der Waals surface area (Å²) >= 11 is 0. The van der Waals surface area contributed by atoms with Gasteiger partial charge in [-0.1, -0.05) is 140 Å². The maximum atomic E-state index is 7.78. The molecule has 0 saturated heterocycles. The fraction of sp³-hybridized carbons (Fsp3) is 0. The van der Waals surface area contributed by atoms with E-state index >= 15 is 0 Å². The first-order chi connectivity index (χ1) is 26.2. The van der Waals surface area contributed by atoms with Crippen molar-refractivity contribution in [2.75, 3.05) is 0 Å². The molecule has 0 unspecified atom stereocenters. The van der Waals surface area contributed by atoms with E-state index in [-0.39, 0.29) is 0 Å². The number of hydrogen-bond acceptors (Lipinski definition) is 2. The predicted octanol–water partition coefficient (Wildman–Crippen LogP) is 13.1. The van der Waals surface area contributed by atoms with Gasteiger partial charge in [-0.25, -0.2) is 14.8 Å². The lowest BCUT2D eigenvalue weighted by atomic mass is 9.87. The Bertz CT molecular complexity index is 2930. The van der Waals surface area contributed by atoms with E-state index < -0.39 is 0 Å². The molecule has 0 saturated carbocycles. The van der Waals surface area contributed by atoms with Crippen molar-refractivity contribution >= 4 is 49.0 Å². The standard InChI is InChI=1S/C49H30N4/c1-50-35-26-28-46-42(30-35)41-29-34(25-27-45(41)53(46)36-19-9-4-10-20-36)47-37-21-11-13-23-39(37)48(40-24-14-12-22-38(40)47)49-51-43(32-15-5-2-6-16-32)31-44(52-49)33-17-7-3-8-18-33/h2-31H. The van der Waals surface area contributed by atoms with E-state index in [0.29, 0.717) is 11.5 Å². The molecule has 4 nitrogen and oxygen atoms in total. The lowest BCUT2D eigenvalue weighted by Gasteiger charge is -2.18. The molecule has 10 rings (SSSR count). The van der Waals surface area contributed by atoms with Crippen molar-refractivity contribution in [3.05, 3.63) is 193 Å². The van der Waals surface area contributed by atoms with Crippen LogP contribution in [0.2, 0.25) is 0 Å². The van der Waals surface area contributed by atoms with Crippen LogP contribution in [0, 0.1) is 6.57 Å². The monoisotopic (exact) mass is 674 g/mol. The number of aromatic nitrogens is 3. The van der Waals surface area contributed by atoms with Gasteiger partial charge in [0.15, 0.2) is 11.5 Å². The molecule has 53 heavy (non-hydrogen) atoms. The number of fused-ring (bicyclic) bond motifs is 5. The van der Waals surface area contributed by atoms with Gasteiger partial charge in [0, 0.05) is 27.8 Å². The van der Waals surface area contributed by atoms with Crippen LogP contribution >= 0.6 is 0 Å². The van der Waals surface area contributed by atoms with E-state index in [2.05, 4.69) is 161 Å². The molecule has 0 aliphatic carbocycles. The van der Waals surface area contributed by atoms with Gasteiger partial charge in [0.1, 0.15) is 0 Å². The summed E-state index contributed by atoms with van der Waals surface area (Å²) < 4.78 is 2.29. The molecule has 2 aromatic heterocycles. The molecule has 10 aromatic rings. The Morgan fingerprint density at radius 1 is 0.396 bits per heavy atom. The summed E-state index contributed by atoms with van der Waals surface area (Å²) in [6.45, 7) is 7.78. The fourth-order valence-corrected chi connectivity index (χ4v) is 7.84. The summed E-state index contributed by atoms with van der Waals surface area (Å²) in [6, 6.07) is 63.2. The maximum absolute atomic E-state index is 7.78. The topological polar surface area (TPSA) is 35.1 Å². The van der Waals surface area contributed by atoms with E-state index in [0.717, 1.165) is 88.2 Å². The average molecular weight is 675 g/mol. The highest BCUT2D eigenvalue weighted by Crippen LogP contribution is 2.45. The Morgan fingerprint density at radius 3 is 1.42 bits per heavy atom. The zero-order chi connectivity index (χ0) is 35.3. The highest BCUT2D eigenvalue weighted by Gasteiger charge is 2.21. The van der Waals surface area contributed by atoms with Crippen LogP contribution in [0.4, 0.5) is 5.69 Å². The van der Waals surface area contributed by atoms with Gasteiger partial charge in [-0.2, -0.15) is 0 Å². The van der Waals surface area contributed by atoms with Crippen LogP contribution < -0.4 is 0 Å². The Labute approximate surface area is 306 Å². The van der Waals surface area contributed by atoms with Gasteiger partial charge in [0.25, 0.3) is 0 Å². The summed E-state index contributed by atoms with van der Waals surface area (Å²) in [4.78, 5) is 14.4. The minimum absolute atomic E-state index is 0.628. The molecule has 8 aromatic carbocycles. The Kier molecular flexibility index (Phi) is 7.16. The second-order valence-electron chi connectivity index (χ2n) is 13.3. The zero-order valence-electron chi connectivity index (χ0n) is 28.6. The number of rotatable bonds is 5. The largest absolute Gasteiger partial charge is 0.309 e. The summed E-state index contributed by atoms with van der Waals surface area (Å²) in [7, 11) is 0. The third-order valence-electron chi connectivity index (χ3n) is 10.2. The SMILES string of the molecule is [C-]#[N+]c1ccc2c(c1)c1cc(-c3c4ccccc4c(-c4nc(-c5ccccc5)cc(-c5ccccc5)n4)c4ccccc34)ccc1n2-c1ccccc1. The van der Waals surface area contributed by atoms with Crippen molar-refractivity contribution in [1.82, 2.24) is 14.5 Å². The second-order valence-corrected chi connectivity index (χ2v) is 13.3. The molecule has 0 fully saturated rings. The van der Waals surface area contributed by atoms with Gasteiger partial charge < -0.3 is 4.57 Å². The molecule has 0 aliphatic rings. The number of para-hydroxylation sites is 1. The van der Waals surface area contributed by atoms with E-state index in [1.54, 1.807) is 0 Å². The summed E-state index contributed by atoms with van der Waals surface area (Å²) in [5, 5.41) is 6.60. The van der Waals surface area contributed by atoms with Gasteiger partial charge in [0.05, 0.1) is 29.0 Å². The van der Waals surface area contributed by atoms with E-state index in [1.807, 2.05) is 30.3 Å². The van der Waals surface area contributed by atoms with Crippen LogP contribution in [0.25, 0.3) is 98.9 Å². The van der Waals surface area contributed by atoms with Gasteiger partial charge in [-0.05, 0) is 80.5 Å². The van der Waals surface area contributed by atoms with Crippen LogP contribution in [0.5, 0.6) is 0 Å². The highest BCUT2D eigenvalue weighted by atomic mass is 15.0. The fourth-order valence-electron chi connectivity index (χ4n) is 7.84. The van der Waals surface area contributed by atoms with Crippen molar-refractivity contribution in [2.45, 2.75) is 0 Å². The van der Waals surface area contributed by atoms with Crippen molar-refractivity contribution in [3.8, 4) is 50.7 Å². The van der Waals surface area contributed by atoms with Gasteiger partial charge in [0.2, 0.25) is 0 Å². The van der Waals surface area contributed by atoms with Gasteiger partial charge >= 0.3 is 0 Å². The number of hydrogen-bond donors (Lipinski definition) is 0. The molecule has 2 heterocycles. The average Bonchev–Trinajstić information content (AvgIpc) is 3.56. The van der Waals surface area contributed by atoms with E-state index in [1.165, 1.54) is 0 Å². The lowest BCUT2D eigenvalue weighted by molar-refractivity contribution is 1.18. The second kappa shape index (κ2) is 12.5. The molecule has 0 radical (unpaired) electrons. The molecule has 0 N–H and O–H groups in total. The minimum Gasteiger partial charge on any atom is -0.309 e. The van der Waals surface area contributed by atoms with Crippen LogP contribution in [-0.4, -0.2) is 14.5 Å². The van der Waals surface area contributed by atoms with Gasteiger partial charge in [-0.3, -0.25) is 0 Å². The maximum Gasteiger partial charge on any atom is 0.188 e. The Hall–Kier alpha value is -7.35. The third-order valence-corrected chi connectivity index (χ3v) is 10.2. The molecular formula is C49H30N4. The van der Waals surface area contributed by atoms with Crippen LogP contribution in [0.1, 0.15) is 0 Å². The zero-order valence-corrected chi connectivity index (χ0v) is 28.6. The predicted molar refractivity (Wildman–Crippen MR) is 219 cm³/mol. The van der Waals surface area contributed by atoms with Crippen LogP contribution in [0.3, 0.4) is 0 Å². The van der Waals surface area contributed by atoms with Crippen molar-refractivity contribution in [3.63, 3.8) is 0 Å². The Balaban J connectivity index is 1.27. The smallest absolute Gasteiger partial charge is 0.188 e. The number of nitrogens with zero attached hydrogens (tertiary/aromatic N) is 4. The summed E-state index contributed by atoms with van der Waals surface area (Å²) in [5.41, 5.74) is 11.0. The Morgan fingerprint density at radius 2 is 0.868 bits per heavy atom. The molecular weight excluding hydrogens is 645 g/mol. The molecule has 0 atom stereocenters. The van der Waals surface area contributed by atoms with Crippen molar-refractivity contribution in [1.29, 1.82) is 0 Å². The molecule has 0 amide bonds. The molecule has 0 bridgehead atoms. The van der Waals surface area contributed by atoms with Crippen molar-refractivity contribution < 1.29 is 0 Å². The molecule has 0 spiro atoms.